The van der Waals surface area contributed by atoms with Gasteiger partial charge in [-0.2, -0.15) is 0 Å². The first-order valence-electron chi connectivity index (χ1n) is 8.70. The van der Waals surface area contributed by atoms with Crippen molar-refractivity contribution in [2.45, 2.75) is 13.3 Å². The molecule has 1 saturated heterocycles. The summed E-state index contributed by atoms with van der Waals surface area (Å²) in [5.74, 6) is 0.496. The predicted octanol–water partition coefficient (Wildman–Crippen LogP) is 3.58. The van der Waals surface area contributed by atoms with E-state index in [1.807, 2.05) is 41.0 Å². The van der Waals surface area contributed by atoms with Crippen molar-refractivity contribution < 1.29 is 13.9 Å². The molecule has 132 valence electrons. The second-order valence-corrected chi connectivity index (χ2v) is 6.11. The Morgan fingerprint density at radius 3 is 2.56 bits per heavy atom. The summed E-state index contributed by atoms with van der Waals surface area (Å²) in [7, 11) is 0. The highest BCUT2D eigenvalue weighted by Gasteiger charge is 2.23. The Morgan fingerprint density at radius 1 is 1.08 bits per heavy atom. The van der Waals surface area contributed by atoms with Crippen LogP contribution >= 0.6 is 0 Å². The fraction of sp³-hybridized carbons (Fsp3) is 0.350. The Hall–Kier alpha value is -2.56. The van der Waals surface area contributed by atoms with Gasteiger partial charge >= 0.3 is 0 Å². The quantitative estimate of drug-likeness (QED) is 0.833. The SMILES string of the molecule is CCCOc1cccc(C(=O)N2CCN(c3ccccc3F)CC2)c1. The van der Waals surface area contributed by atoms with Gasteiger partial charge < -0.3 is 14.5 Å². The van der Waals surface area contributed by atoms with Crippen molar-refractivity contribution in [3.63, 3.8) is 0 Å². The summed E-state index contributed by atoms with van der Waals surface area (Å²) in [4.78, 5) is 16.5. The first-order valence-corrected chi connectivity index (χ1v) is 8.70. The Kier molecular flexibility index (Phi) is 5.53. The standard InChI is InChI=1S/C20H23FN2O2/c1-2-14-25-17-7-5-6-16(15-17)20(24)23-12-10-22(11-13-23)19-9-4-3-8-18(19)21/h3-9,15H,2,10-14H2,1H3. The lowest BCUT2D eigenvalue weighted by molar-refractivity contribution is 0.0746. The maximum atomic E-state index is 13.9. The van der Waals surface area contributed by atoms with Crippen molar-refractivity contribution in [2.24, 2.45) is 0 Å². The van der Waals surface area contributed by atoms with E-state index < -0.39 is 0 Å². The maximum absolute atomic E-state index is 13.9. The summed E-state index contributed by atoms with van der Waals surface area (Å²) in [6, 6.07) is 14.1. The molecule has 5 heteroatoms. The maximum Gasteiger partial charge on any atom is 0.254 e. The lowest BCUT2D eigenvalue weighted by Gasteiger charge is -2.36. The molecule has 2 aromatic rings. The fourth-order valence-corrected chi connectivity index (χ4v) is 2.98. The van der Waals surface area contributed by atoms with E-state index in [4.69, 9.17) is 4.74 Å². The van der Waals surface area contributed by atoms with Crippen LogP contribution in [-0.2, 0) is 0 Å². The smallest absolute Gasteiger partial charge is 0.254 e. The molecular weight excluding hydrogens is 319 g/mol. The summed E-state index contributed by atoms with van der Waals surface area (Å²) in [5.41, 5.74) is 1.23. The first kappa shape index (κ1) is 17.3. The Labute approximate surface area is 147 Å². The number of rotatable bonds is 5. The van der Waals surface area contributed by atoms with Gasteiger partial charge in [0.15, 0.2) is 0 Å². The second kappa shape index (κ2) is 8.01. The number of hydrogen-bond donors (Lipinski definition) is 0. The van der Waals surface area contributed by atoms with Gasteiger partial charge in [-0.25, -0.2) is 4.39 Å². The minimum absolute atomic E-state index is 0.00451. The van der Waals surface area contributed by atoms with Crippen molar-refractivity contribution >= 4 is 11.6 Å². The Bertz CT molecular complexity index is 727. The third-order valence-electron chi connectivity index (χ3n) is 4.31. The van der Waals surface area contributed by atoms with E-state index in [2.05, 4.69) is 0 Å². The monoisotopic (exact) mass is 342 g/mol. The van der Waals surface area contributed by atoms with Gasteiger partial charge in [0, 0.05) is 31.7 Å². The molecule has 1 amide bonds. The summed E-state index contributed by atoms with van der Waals surface area (Å²) < 4.78 is 19.5. The van der Waals surface area contributed by atoms with Gasteiger partial charge in [-0.15, -0.1) is 0 Å². The van der Waals surface area contributed by atoms with Crippen LogP contribution in [0, 0.1) is 5.82 Å². The van der Waals surface area contributed by atoms with Gasteiger partial charge in [0.1, 0.15) is 11.6 Å². The minimum Gasteiger partial charge on any atom is -0.494 e. The summed E-state index contributed by atoms with van der Waals surface area (Å²) in [5, 5.41) is 0. The Balaban J connectivity index is 1.63. The van der Waals surface area contributed by atoms with E-state index in [1.165, 1.54) is 6.07 Å². The van der Waals surface area contributed by atoms with Crippen molar-refractivity contribution in [3.8, 4) is 5.75 Å². The van der Waals surface area contributed by atoms with Crippen molar-refractivity contribution in [1.29, 1.82) is 0 Å². The van der Waals surface area contributed by atoms with E-state index in [9.17, 15) is 9.18 Å². The summed E-state index contributed by atoms with van der Waals surface area (Å²) in [6.07, 6.45) is 0.927. The number of halogens is 1. The molecule has 1 aliphatic heterocycles. The van der Waals surface area contributed by atoms with Gasteiger partial charge in [-0.05, 0) is 36.8 Å². The fourth-order valence-electron chi connectivity index (χ4n) is 2.98. The Morgan fingerprint density at radius 2 is 1.84 bits per heavy atom. The number of amides is 1. The second-order valence-electron chi connectivity index (χ2n) is 6.11. The molecule has 0 radical (unpaired) electrons. The average molecular weight is 342 g/mol. The first-order chi connectivity index (χ1) is 12.2. The highest BCUT2D eigenvalue weighted by Crippen LogP contribution is 2.21. The molecule has 0 atom stereocenters. The molecule has 0 aliphatic carbocycles. The van der Waals surface area contributed by atoms with Gasteiger partial charge in [-0.1, -0.05) is 25.1 Å². The molecule has 0 bridgehead atoms. The molecule has 0 unspecified atom stereocenters. The molecule has 1 heterocycles. The summed E-state index contributed by atoms with van der Waals surface area (Å²) in [6.45, 7) is 5.08. The van der Waals surface area contributed by atoms with Crippen LogP contribution in [0.25, 0.3) is 0 Å². The van der Waals surface area contributed by atoms with Crippen molar-refractivity contribution in [2.75, 3.05) is 37.7 Å². The molecule has 2 aromatic carbocycles. The average Bonchev–Trinajstić information content (AvgIpc) is 2.66. The number of anilines is 1. The molecule has 0 saturated carbocycles. The number of benzene rings is 2. The highest BCUT2D eigenvalue weighted by atomic mass is 19.1. The van der Waals surface area contributed by atoms with E-state index in [0.717, 1.165) is 12.2 Å². The number of hydrogen-bond acceptors (Lipinski definition) is 3. The molecule has 1 fully saturated rings. The zero-order valence-electron chi connectivity index (χ0n) is 14.5. The van der Waals surface area contributed by atoms with Crippen LogP contribution in [-0.4, -0.2) is 43.6 Å². The van der Waals surface area contributed by atoms with Crippen LogP contribution < -0.4 is 9.64 Å². The minimum atomic E-state index is -0.219. The van der Waals surface area contributed by atoms with E-state index in [1.54, 1.807) is 18.2 Å². The predicted molar refractivity (Wildman–Crippen MR) is 96.7 cm³/mol. The molecule has 0 aromatic heterocycles. The van der Waals surface area contributed by atoms with E-state index in [-0.39, 0.29) is 11.7 Å². The zero-order valence-corrected chi connectivity index (χ0v) is 14.5. The molecule has 0 spiro atoms. The van der Waals surface area contributed by atoms with Crippen LogP contribution in [0.1, 0.15) is 23.7 Å². The number of carbonyl (C=O) groups is 1. The third-order valence-corrected chi connectivity index (χ3v) is 4.31. The number of carbonyl (C=O) groups excluding carboxylic acids is 1. The molecular formula is C20H23FN2O2. The van der Waals surface area contributed by atoms with Gasteiger partial charge in [-0.3, -0.25) is 4.79 Å². The van der Waals surface area contributed by atoms with E-state index >= 15 is 0 Å². The zero-order chi connectivity index (χ0) is 17.6. The van der Waals surface area contributed by atoms with Crippen LogP contribution in [0.4, 0.5) is 10.1 Å². The van der Waals surface area contributed by atoms with E-state index in [0.29, 0.717) is 44.0 Å². The molecule has 25 heavy (non-hydrogen) atoms. The number of nitrogens with zero attached hydrogens (tertiary/aromatic N) is 2. The topological polar surface area (TPSA) is 32.8 Å². The van der Waals surface area contributed by atoms with Gasteiger partial charge in [0.2, 0.25) is 0 Å². The van der Waals surface area contributed by atoms with Crippen LogP contribution in [0.15, 0.2) is 48.5 Å². The molecule has 0 N–H and O–H groups in total. The van der Waals surface area contributed by atoms with Crippen LogP contribution in [0.2, 0.25) is 0 Å². The highest BCUT2D eigenvalue weighted by molar-refractivity contribution is 5.94. The number of ether oxygens (including phenoxy) is 1. The van der Waals surface area contributed by atoms with Crippen LogP contribution in [0.3, 0.4) is 0 Å². The lowest BCUT2D eigenvalue weighted by atomic mass is 10.1. The van der Waals surface area contributed by atoms with Crippen LogP contribution in [0.5, 0.6) is 5.75 Å². The van der Waals surface area contributed by atoms with Gasteiger partial charge in [0.05, 0.1) is 12.3 Å². The molecule has 3 rings (SSSR count). The van der Waals surface area contributed by atoms with Gasteiger partial charge in [0.25, 0.3) is 5.91 Å². The molecule has 1 aliphatic rings. The van der Waals surface area contributed by atoms with Crippen molar-refractivity contribution in [3.05, 3.63) is 59.9 Å². The third kappa shape index (κ3) is 4.10. The largest absolute Gasteiger partial charge is 0.494 e. The summed E-state index contributed by atoms with van der Waals surface area (Å²) >= 11 is 0. The lowest BCUT2D eigenvalue weighted by Crippen LogP contribution is -2.49. The normalized spacial score (nSPS) is 14.5. The number of para-hydroxylation sites is 1. The van der Waals surface area contributed by atoms with Crippen molar-refractivity contribution in [1.82, 2.24) is 4.90 Å². The molecule has 4 nitrogen and oxygen atoms in total. The number of piperazine rings is 1.